The molecule has 0 amide bonds. The summed E-state index contributed by atoms with van der Waals surface area (Å²) in [6.07, 6.45) is 8.08. The van der Waals surface area contributed by atoms with E-state index in [-0.39, 0.29) is 0 Å². The Morgan fingerprint density at radius 3 is 3.05 bits per heavy atom. The van der Waals surface area contributed by atoms with E-state index in [4.69, 9.17) is 5.73 Å². The first-order valence-corrected chi connectivity index (χ1v) is 6.93. The van der Waals surface area contributed by atoms with Gasteiger partial charge in [-0.15, -0.1) is 0 Å². The average molecular weight is 257 g/mol. The van der Waals surface area contributed by atoms with E-state index in [1.807, 2.05) is 6.07 Å². The molecule has 1 saturated heterocycles. The van der Waals surface area contributed by atoms with Crippen molar-refractivity contribution >= 4 is 17.0 Å². The van der Waals surface area contributed by atoms with E-state index in [1.54, 1.807) is 12.4 Å². The number of hydrogen-bond donors (Lipinski definition) is 1. The van der Waals surface area contributed by atoms with Gasteiger partial charge in [0.2, 0.25) is 0 Å². The van der Waals surface area contributed by atoms with Crippen LogP contribution in [-0.2, 0) is 0 Å². The second-order valence-corrected chi connectivity index (χ2v) is 4.99. The summed E-state index contributed by atoms with van der Waals surface area (Å²) >= 11 is 0. The summed E-state index contributed by atoms with van der Waals surface area (Å²) in [5, 5.41) is 0. The maximum absolute atomic E-state index is 5.61. The lowest BCUT2D eigenvalue weighted by molar-refractivity contribution is 0.582. The number of rotatable bonds is 4. The van der Waals surface area contributed by atoms with Gasteiger partial charge in [0.25, 0.3) is 0 Å². The van der Waals surface area contributed by atoms with Gasteiger partial charge >= 0.3 is 0 Å². The molecule has 3 heterocycles. The second-order valence-electron chi connectivity index (χ2n) is 4.99. The molecule has 100 valence electrons. The van der Waals surface area contributed by atoms with Crippen LogP contribution in [0.2, 0.25) is 0 Å². The van der Waals surface area contributed by atoms with Crippen molar-refractivity contribution in [2.45, 2.75) is 31.7 Å². The topological polar surface area (TPSA) is 67.9 Å². The van der Waals surface area contributed by atoms with Gasteiger partial charge in [-0.05, 0) is 44.4 Å². The summed E-state index contributed by atoms with van der Waals surface area (Å²) in [7, 11) is 0. The average Bonchev–Trinajstić information content (AvgIpc) is 2.93. The van der Waals surface area contributed by atoms with Crippen LogP contribution in [0.1, 0.15) is 25.7 Å². The van der Waals surface area contributed by atoms with Crippen LogP contribution in [0.5, 0.6) is 0 Å². The monoisotopic (exact) mass is 257 g/mol. The van der Waals surface area contributed by atoms with Crippen molar-refractivity contribution in [1.29, 1.82) is 0 Å². The van der Waals surface area contributed by atoms with Crippen LogP contribution in [0.4, 0.5) is 5.82 Å². The van der Waals surface area contributed by atoms with E-state index >= 15 is 0 Å². The van der Waals surface area contributed by atoms with Gasteiger partial charge in [0, 0.05) is 25.0 Å². The van der Waals surface area contributed by atoms with Gasteiger partial charge in [-0.3, -0.25) is 4.98 Å². The molecular weight excluding hydrogens is 238 g/mol. The Balaban J connectivity index is 1.86. The van der Waals surface area contributed by atoms with Crippen LogP contribution >= 0.6 is 0 Å². The first-order chi connectivity index (χ1) is 9.38. The first kappa shape index (κ1) is 12.3. The van der Waals surface area contributed by atoms with Crippen LogP contribution in [-0.4, -0.2) is 34.1 Å². The van der Waals surface area contributed by atoms with Crippen LogP contribution in [0, 0.1) is 0 Å². The molecule has 0 radical (unpaired) electrons. The standard InChI is InChI=1S/C14H19N5/c15-7-1-3-11-4-2-10-19(11)13-6-5-12-14(18-13)17-9-8-16-12/h5-6,8-9,11H,1-4,7,10,15H2. The Bertz CT molecular complexity index is 556. The third-order valence-electron chi connectivity index (χ3n) is 3.73. The molecule has 2 aromatic rings. The van der Waals surface area contributed by atoms with Crippen molar-refractivity contribution < 1.29 is 0 Å². The Kier molecular flexibility index (Phi) is 3.55. The summed E-state index contributed by atoms with van der Waals surface area (Å²) in [6, 6.07) is 4.63. The molecule has 0 spiro atoms. The highest BCUT2D eigenvalue weighted by Gasteiger charge is 2.25. The van der Waals surface area contributed by atoms with Gasteiger partial charge in [-0.2, -0.15) is 0 Å². The highest BCUT2D eigenvalue weighted by molar-refractivity contribution is 5.71. The molecule has 2 aromatic heterocycles. The summed E-state index contributed by atoms with van der Waals surface area (Å²) < 4.78 is 0. The molecule has 1 aliphatic rings. The normalized spacial score (nSPS) is 19.2. The minimum absolute atomic E-state index is 0.574. The quantitative estimate of drug-likeness (QED) is 0.903. The minimum atomic E-state index is 0.574. The fourth-order valence-corrected chi connectivity index (χ4v) is 2.80. The van der Waals surface area contributed by atoms with E-state index in [2.05, 4.69) is 25.9 Å². The molecule has 1 fully saturated rings. The Morgan fingerprint density at radius 2 is 2.16 bits per heavy atom. The highest BCUT2D eigenvalue weighted by atomic mass is 15.2. The van der Waals surface area contributed by atoms with E-state index in [1.165, 1.54) is 12.8 Å². The van der Waals surface area contributed by atoms with Crippen molar-refractivity contribution in [2.24, 2.45) is 5.73 Å². The summed E-state index contributed by atoms with van der Waals surface area (Å²) in [4.78, 5) is 15.6. The maximum Gasteiger partial charge on any atom is 0.180 e. The first-order valence-electron chi connectivity index (χ1n) is 6.93. The van der Waals surface area contributed by atoms with Gasteiger partial charge in [0.15, 0.2) is 5.65 Å². The number of aromatic nitrogens is 3. The third-order valence-corrected chi connectivity index (χ3v) is 3.73. The van der Waals surface area contributed by atoms with Crippen molar-refractivity contribution in [1.82, 2.24) is 15.0 Å². The number of fused-ring (bicyclic) bond motifs is 1. The lowest BCUT2D eigenvalue weighted by Crippen LogP contribution is -2.30. The number of nitrogens with zero attached hydrogens (tertiary/aromatic N) is 4. The summed E-state index contributed by atoms with van der Waals surface area (Å²) in [5.41, 5.74) is 7.19. The number of hydrogen-bond acceptors (Lipinski definition) is 5. The fraction of sp³-hybridized carbons (Fsp3) is 0.500. The van der Waals surface area contributed by atoms with E-state index < -0.39 is 0 Å². The molecule has 0 bridgehead atoms. The molecule has 1 atom stereocenters. The predicted molar refractivity (Wildman–Crippen MR) is 76.0 cm³/mol. The molecule has 2 N–H and O–H groups in total. The van der Waals surface area contributed by atoms with Crippen molar-refractivity contribution in [2.75, 3.05) is 18.0 Å². The lowest BCUT2D eigenvalue weighted by atomic mass is 10.1. The Labute approximate surface area is 112 Å². The third kappa shape index (κ3) is 2.51. The minimum Gasteiger partial charge on any atom is -0.354 e. The van der Waals surface area contributed by atoms with Gasteiger partial charge in [0.1, 0.15) is 11.3 Å². The molecule has 0 aliphatic carbocycles. The maximum atomic E-state index is 5.61. The molecule has 5 nitrogen and oxygen atoms in total. The van der Waals surface area contributed by atoms with E-state index in [0.717, 1.165) is 42.9 Å². The highest BCUT2D eigenvalue weighted by Crippen LogP contribution is 2.27. The van der Waals surface area contributed by atoms with Crippen LogP contribution in [0.15, 0.2) is 24.5 Å². The Hall–Kier alpha value is -1.75. The van der Waals surface area contributed by atoms with Crippen molar-refractivity contribution in [3.8, 4) is 0 Å². The van der Waals surface area contributed by atoms with E-state index in [0.29, 0.717) is 6.04 Å². The number of anilines is 1. The SMILES string of the molecule is NCCCC1CCCN1c1ccc2nccnc2n1. The van der Waals surface area contributed by atoms with Gasteiger partial charge in [0.05, 0.1) is 0 Å². The number of pyridine rings is 1. The molecule has 1 unspecified atom stereocenters. The van der Waals surface area contributed by atoms with Crippen molar-refractivity contribution in [3.05, 3.63) is 24.5 Å². The molecule has 19 heavy (non-hydrogen) atoms. The summed E-state index contributed by atoms with van der Waals surface area (Å²) in [6.45, 7) is 1.84. The fourth-order valence-electron chi connectivity index (χ4n) is 2.80. The van der Waals surface area contributed by atoms with E-state index in [9.17, 15) is 0 Å². The summed E-state index contributed by atoms with van der Waals surface area (Å²) in [5.74, 6) is 1.02. The molecule has 5 heteroatoms. The molecule has 0 saturated carbocycles. The largest absolute Gasteiger partial charge is 0.354 e. The molecular formula is C14H19N5. The van der Waals surface area contributed by atoms with Gasteiger partial charge < -0.3 is 10.6 Å². The van der Waals surface area contributed by atoms with Gasteiger partial charge in [-0.1, -0.05) is 0 Å². The zero-order valence-corrected chi connectivity index (χ0v) is 11.0. The Morgan fingerprint density at radius 1 is 1.26 bits per heavy atom. The van der Waals surface area contributed by atoms with Crippen LogP contribution < -0.4 is 10.6 Å². The smallest absolute Gasteiger partial charge is 0.180 e. The lowest BCUT2D eigenvalue weighted by Gasteiger charge is -2.25. The predicted octanol–water partition coefficient (Wildman–Crippen LogP) is 1.73. The van der Waals surface area contributed by atoms with Crippen LogP contribution in [0.25, 0.3) is 11.2 Å². The molecule has 1 aliphatic heterocycles. The zero-order chi connectivity index (χ0) is 13.1. The van der Waals surface area contributed by atoms with Crippen LogP contribution in [0.3, 0.4) is 0 Å². The molecule has 0 aromatic carbocycles. The molecule has 3 rings (SSSR count). The van der Waals surface area contributed by atoms with Gasteiger partial charge in [-0.25, -0.2) is 9.97 Å². The number of nitrogens with two attached hydrogens (primary N) is 1. The zero-order valence-electron chi connectivity index (χ0n) is 11.0. The van der Waals surface area contributed by atoms with Crippen molar-refractivity contribution in [3.63, 3.8) is 0 Å². The second kappa shape index (κ2) is 5.48.